The first-order valence-corrected chi connectivity index (χ1v) is 6.01. The van der Waals surface area contributed by atoms with Crippen LogP contribution < -0.4 is 5.32 Å². The molecule has 0 unspecified atom stereocenters. The molecule has 0 saturated carbocycles. The molecule has 0 spiro atoms. The zero-order valence-electron chi connectivity index (χ0n) is 10.9. The lowest BCUT2D eigenvalue weighted by atomic mass is 10.1. The fourth-order valence-corrected chi connectivity index (χ4v) is 1.84. The maximum absolute atomic E-state index is 12.0. The Kier molecular flexibility index (Phi) is 3.97. The summed E-state index contributed by atoms with van der Waals surface area (Å²) >= 11 is 0. The summed E-state index contributed by atoms with van der Waals surface area (Å²) in [4.78, 5) is 12.0. The second-order valence-corrected chi connectivity index (χ2v) is 4.36. The molecule has 5 heteroatoms. The topological polar surface area (TPSA) is 75.4 Å². The largest absolute Gasteiger partial charge is 0.392 e. The number of hydrogen-bond acceptors (Lipinski definition) is 4. The highest BCUT2D eigenvalue weighted by molar-refractivity contribution is 5.95. The zero-order valence-corrected chi connectivity index (χ0v) is 10.9. The monoisotopic (exact) mass is 260 g/mol. The number of aryl methyl sites for hydroxylation is 2. The van der Waals surface area contributed by atoms with Crippen LogP contribution in [0.5, 0.6) is 0 Å². The van der Waals surface area contributed by atoms with E-state index < -0.39 is 0 Å². The minimum atomic E-state index is -0.192. The predicted octanol–water partition coefficient (Wildman–Crippen LogP) is 1.71. The second-order valence-electron chi connectivity index (χ2n) is 4.36. The second kappa shape index (κ2) is 5.67. The summed E-state index contributed by atoms with van der Waals surface area (Å²) in [6.45, 7) is 3.90. The molecule has 0 aliphatic carbocycles. The van der Waals surface area contributed by atoms with Crippen molar-refractivity contribution in [3.05, 3.63) is 52.4 Å². The molecule has 0 aliphatic rings. The molecule has 0 atom stereocenters. The third-order valence-corrected chi connectivity index (χ3v) is 2.92. The van der Waals surface area contributed by atoms with E-state index in [1.165, 1.54) is 0 Å². The maximum atomic E-state index is 12.0. The van der Waals surface area contributed by atoms with Crippen molar-refractivity contribution in [2.24, 2.45) is 0 Å². The van der Waals surface area contributed by atoms with Gasteiger partial charge in [-0.15, -0.1) is 0 Å². The molecule has 2 N–H and O–H groups in total. The normalized spacial score (nSPS) is 10.5. The molecule has 0 bridgehead atoms. The van der Waals surface area contributed by atoms with Crippen LogP contribution in [-0.4, -0.2) is 16.2 Å². The van der Waals surface area contributed by atoms with Crippen molar-refractivity contribution in [3.63, 3.8) is 0 Å². The Labute approximate surface area is 111 Å². The van der Waals surface area contributed by atoms with Crippen LogP contribution in [0.2, 0.25) is 0 Å². The van der Waals surface area contributed by atoms with E-state index in [-0.39, 0.29) is 12.5 Å². The molecular weight excluding hydrogens is 244 g/mol. The number of hydrogen-bond donors (Lipinski definition) is 2. The molecule has 0 fully saturated rings. The van der Waals surface area contributed by atoms with Crippen molar-refractivity contribution >= 4 is 5.91 Å². The molecule has 2 aromatic rings. The van der Waals surface area contributed by atoms with Gasteiger partial charge < -0.3 is 14.9 Å². The van der Waals surface area contributed by atoms with Crippen LogP contribution in [0.4, 0.5) is 0 Å². The number of rotatable bonds is 4. The van der Waals surface area contributed by atoms with Gasteiger partial charge in [0.2, 0.25) is 0 Å². The molecule has 0 radical (unpaired) electrons. The van der Waals surface area contributed by atoms with Crippen molar-refractivity contribution in [2.75, 3.05) is 0 Å². The van der Waals surface area contributed by atoms with Crippen LogP contribution in [0.15, 0.2) is 28.8 Å². The van der Waals surface area contributed by atoms with Gasteiger partial charge in [0.25, 0.3) is 5.91 Å². The first kappa shape index (κ1) is 13.3. The van der Waals surface area contributed by atoms with Crippen molar-refractivity contribution in [2.45, 2.75) is 27.0 Å². The van der Waals surface area contributed by atoms with Gasteiger partial charge in [-0.25, -0.2) is 0 Å². The van der Waals surface area contributed by atoms with E-state index in [2.05, 4.69) is 10.5 Å². The molecule has 1 aromatic heterocycles. The minimum Gasteiger partial charge on any atom is -0.392 e. The lowest BCUT2D eigenvalue weighted by molar-refractivity contribution is 0.0949. The fourth-order valence-electron chi connectivity index (χ4n) is 1.84. The minimum absolute atomic E-state index is 0.0196. The number of aromatic nitrogens is 1. The van der Waals surface area contributed by atoms with Crippen LogP contribution >= 0.6 is 0 Å². The van der Waals surface area contributed by atoms with Crippen LogP contribution in [0.1, 0.15) is 32.9 Å². The summed E-state index contributed by atoms with van der Waals surface area (Å²) in [5.41, 5.74) is 2.90. The smallest absolute Gasteiger partial charge is 0.257 e. The average molecular weight is 260 g/mol. The highest BCUT2D eigenvalue weighted by Gasteiger charge is 2.16. The molecular formula is C14H16N2O3. The Morgan fingerprint density at radius 2 is 1.89 bits per heavy atom. The molecule has 1 heterocycles. The Bertz CT molecular complexity index is 553. The summed E-state index contributed by atoms with van der Waals surface area (Å²) in [5, 5.41) is 15.5. The Morgan fingerprint density at radius 3 is 2.42 bits per heavy atom. The van der Waals surface area contributed by atoms with Crippen LogP contribution in [-0.2, 0) is 13.2 Å². The SMILES string of the molecule is Cc1noc(C)c1C(=O)NCc1ccc(CO)cc1. The summed E-state index contributed by atoms with van der Waals surface area (Å²) in [7, 11) is 0. The van der Waals surface area contributed by atoms with E-state index >= 15 is 0 Å². The number of nitrogens with zero attached hydrogens (tertiary/aromatic N) is 1. The van der Waals surface area contributed by atoms with Crippen LogP contribution in [0.3, 0.4) is 0 Å². The summed E-state index contributed by atoms with van der Waals surface area (Å²) in [6, 6.07) is 7.41. The number of carbonyl (C=O) groups is 1. The van der Waals surface area contributed by atoms with Gasteiger partial charge in [0.1, 0.15) is 11.3 Å². The van der Waals surface area contributed by atoms with Crippen molar-refractivity contribution in [1.29, 1.82) is 0 Å². The number of nitrogens with one attached hydrogen (secondary N) is 1. The summed E-state index contributed by atoms with van der Waals surface area (Å²) in [5.74, 6) is 0.327. The summed E-state index contributed by atoms with van der Waals surface area (Å²) in [6.07, 6.45) is 0. The lowest BCUT2D eigenvalue weighted by Crippen LogP contribution is -2.23. The molecule has 2 rings (SSSR count). The maximum Gasteiger partial charge on any atom is 0.257 e. The van der Waals surface area contributed by atoms with Gasteiger partial charge in [0, 0.05) is 6.54 Å². The van der Waals surface area contributed by atoms with E-state index in [0.29, 0.717) is 23.6 Å². The fraction of sp³-hybridized carbons (Fsp3) is 0.286. The quantitative estimate of drug-likeness (QED) is 0.877. The van der Waals surface area contributed by atoms with E-state index in [1.54, 1.807) is 13.8 Å². The van der Waals surface area contributed by atoms with E-state index in [1.807, 2.05) is 24.3 Å². The van der Waals surface area contributed by atoms with Gasteiger partial charge >= 0.3 is 0 Å². The molecule has 1 aromatic carbocycles. The number of benzene rings is 1. The molecule has 0 aliphatic heterocycles. The highest BCUT2D eigenvalue weighted by atomic mass is 16.5. The average Bonchev–Trinajstić information content (AvgIpc) is 2.76. The molecule has 5 nitrogen and oxygen atoms in total. The Hall–Kier alpha value is -2.14. The van der Waals surface area contributed by atoms with E-state index in [0.717, 1.165) is 11.1 Å². The number of amides is 1. The van der Waals surface area contributed by atoms with Gasteiger partial charge in [-0.1, -0.05) is 29.4 Å². The van der Waals surface area contributed by atoms with Gasteiger partial charge in [-0.3, -0.25) is 4.79 Å². The number of aliphatic hydroxyl groups is 1. The molecule has 0 saturated heterocycles. The van der Waals surface area contributed by atoms with Crippen molar-refractivity contribution in [3.8, 4) is 0 Å². The van der Waals surface area contributed by atoms with Crippen molar-refractivity contribution in [1.82, 2.24) is 10.5 Å². The number of aliphatic hydroxyl groups excluding tert-OH is 1. The predicted molar refractivity (Wildman–Crippen MR) is 69.5 cm³/mol. The van der Waals surface area contributed by atoms with E-state index in [4.69, 9.17) is 9.63 Å². The van der Waals surface area contributed by atoms with Gasteiger partial charge in [0.05, 0.1) is 12.3 Å². The third-order valence-electron chi connectivity index (χ3n) is 2.92. The van der Waals surface area contributed by atoms with E-state index in [9.17, 15) is 4.79 Å². The lowest BCUT2D eigenvalue weighted by Gasteiger charge is -2.05. The molecule has 19 heavy (non-hydrogen) atoms. The first-order valence-electron chi connectivity index (χ1n) is 6.01. The Balaban J connectivity index is 2.00. The standard InChI is InChI=1S/C14H16N2O3/c1-9-13(10(2)19-16-9)14(18)15-7-11-3-5-12(8-17)6-4-11/h3-6,17H,7-8H2,1-2H3,(H,15,18). The van der Waals surface area contributed by atoms with Gasteiger partial charge in [-0.05, 0) is 25.0 Å². The van der Waals surface area contributed by atoms with Gasteiger partial charge in [-0.2, -0.15) is 0 Å². The Morgan fingerprint density at radius 1 is 1.26 bits per heavy atom. The van der Waals surface area contributed by atoms with Crippen LogP contribution in [0, 0.1) is 13.8 Å². The third kappa shape index (κ3) is 3.00. The van der Waals surface area contributed by atoms with Crippen LogP contribution in [0.25, 0.3) is 0 Å². The molecule has 100 valence electrons. The highest BCUT2D eigenvalue weighted by Crippen LogP contribution is 2.12. The van der Waals surface area contributed by atoms with Crippen molar-refractivity contribution < 1.29 is 14.4 Å². The zero-order chi connectivity index (χ0) is 13.8. The number of carbonyl (C=O) groups excluding carboxylic acids is 1. The first-order chi connectivity index (χ1) is 9.11. The molecule has 1 amide bonds. The summed E-state index contributed by atoms with van der Waals surface area (Å²) < 4.78 is 4.96. The van der Waals surface area contributed by atoms with Gasteiger partial charge in [0.15, 0.2) is 0 Å².